The molecule has 0 spiro atoms. The minimum atomic E-state index is 0.194. The molecule has 6 heteroatoms. The van der Waals surface area contributed by atoms with E-state index in [1.54, 1.807) is 11.3 Å². The van der Waals surface area contributed by atoms with Gasteiger partial charge in [-0.05, 0) is 38.5 Å². The van der Waals surface area contributed by atoms with Gasteiger partial charge < -0.3 is 14.5 Å². The maximum atomic E-state index is 12.1. The van der Waals surface area contributed by atoms with Crippen LogP contribution in [-0.2, 0) is 11.2 Å². The van der Waals surface area contributed by atoms with Crippen molar-refractivity contribution in [2.24, 2.45) is 0 Å². The van der Waals surface area contributed by atoms with E-state index in [0.717, 1.165) is 67.2 Å². The molecule has 0 aromatic carbocycles. The van der Waals surface area contributed by atoms with Crippen LogP contribution in [0.5, 0.6) is 5.19 Å². The predicted octanol–water partition coefficient (Wildman–Crippen LogP) is 3.23. The number of likely N-dealkylation sites (tertiary alicyclic amines) is 1. The number of aromatic nitrogens is 1. The second-order valence-corrected chi connectivity index (χ2v) is 8.11. The molecule has 3 aliphatic rings. The number of fused-ring (bicyclic) bond motifs is 1. The van der Waals surface area contributed by atoms with Crippen LogP contribution in [0.1, 0.15) is 57.6 Å². The molecule has 2 aliphatic heterocycles. The summed E-state index contributed by atoms with van der Waals surface area (Å²) >= 11 is 1.56. The number of carbonyl (C=O) groups excluding carboxylic acids is 1. The number of thiazole rings is 1. The van der Waals surface area contributed by atoms with E-state index in [-0.39, 0.29) is 12.0 Å². The zero-order chi connectivity index (χ0) is 16.5. The summed E-state index contributed by atoms with van der Waals surface area (Å²) in [4.78, 5) is 21.3. The molecule has 4 rings (SSSR count). The molecule has 1 saturated carbocycles. The van der Waals surface area contributed by atoms with Crippen LogP contribution in [0.3, 0.4) is 0 Å². The zero-order valence-corrected chi connectivity index (χ0v) is 15.3. The summed E-state index contributed by atoms with van der Waals surface area (Å²) in [6, 6.07) is 0.840. The number of anilines is 1. The number of hydrogen-bond donors (Lipinski definition) is 0. The van der Waals surface area contributed by atoms with Crippen molar-refractivity contribution in [1.29, 1.82) is 0 Å². The fraction of sp³-hybridized carbons (Fsp3) is 0.778. The monoisotopic (exact) mass is 349 g/mol. The SMILES string of the molecule is CCC(=O)N1CCCc2nc(OC3CCN(C4CCC4)CC3)sc21. The van der Waals surface area contributed by atoms with Crippen LogP contribution in [-0.4, -0.2) is 47.6 Å². The van der Waals surface area contributed by atoms with Crippen LogP contribution in [0.4, 0.5) is 5.00 Å². The van der Waals surface area contributed by atoms with Crippen LogP contribution >= 0.6 is 11.3 Å². The molecular formula is C18H27N3O2S. The number of aryl methyl sites for hydroxylation is 1. The summed E-state index contributed by atoms with van der Waals surface area (Å²) in [7, 11) is 0. The van der Waals surface area contributed by atoms with Crippen LogP contribution in [0.2, 0.25) is 0 Å². The van der Waals surface area contributed by atoms with Crippen molar-refractivity contribution < 1.29 is 9.53 Å². The highest BCUT2D eigenvalue weighted by molar-refractivity contribution is 7.17. The van der Waals surface area contributed by atoms with Gasteiger partial charge in [0.1, 0.15) is 11.1 Å². The van der Waals surface area contributed by atoms with Crippen molar-refractivity contribution in [2.45, 2.75) is 70.4 Å². The lowest BCUT2D eigenvalue weighted by atomic mass is 9.90. The average Bonchev–Trinajstić information content (AvgIpc) is 2.96. The zero-order valence-electron chi connectivity index (χ0n) is 14.5. The molecule has 1 aliphatic carbocycles. The molecule has 2 fully saturated rings. The molecule has 24 heavy (non-hydrogen) atoms. The van der Waals surface area contributed by atoms with E-state index in [0.29, 0.717) is 6.42 Å². The van der Waals surface area contributed by atoms with Gasteiger partial charge in [-0.3, -0.25) is 4.79 Å². The predicted molar refractivity (Wildman–Crippen MR) is 95.9 cm³/mol. The number of piperidine rings is 1. The lowest BCUT2D eigenvalue weighted by Gasteiger charge is -2.41. The van der Waals surface area contributed by atoms with Crippen LogP contribution in [0, 0.1) is 0 Å². The van der Waals surface area contributed by atoms with E-state index in [1.807, 2.05) is 11.8 Å². The largest absolute Gasteiger partial charge is 0.467 e. The third kappa shape index (κ3) is 3.18. The highest BCUT2D eigenvalue weighted by Crippen LogP contribution is 2.38. The van der Waals surface area contributed by atoms with Crippen molar-refractivity contribution in [2.75, 3.05) is 24.5 Å². The Morgan fingerprint density at radius 1 is 1.21 bits per heavy atom. The van der Waals surface area contributed by atoms with E-state index >= 15 is 0 Å². The van der Waals surface area contributed by atoms with E-state index in [2.05, 4.69) is 9.88 Å². The fourth-order valence-corrected chi connectivity index (χ4v) is 5.01. The average molecular weight is 350 g/mol. The summed E-state index contributed by atoms with van der Waals surface area (Å²) in [5.41, 5.74) is 1.05. The number of amides is 1. The number of hydrogen-bond acceptors (Lipinski definition) is 5. The minimum Gasteiger partial charge on any atom is -0.467 e. The van der Waals surface area contributed by atoms with Crippen LogP contribution < -0.4 is 9.64 Å². The Morgan fingerprint density at radius 3 is 2.67 bits per heavy atom. The molecule has 1 aromatic rings. The molecule has 132 valence electrons. The van der Waals surface area contributed by atoms with Gasteiger partial charge >= 0.3 is 0 Å². The Hall–Kier alpha value is -1.14. The van der Waals surface area contributed by atoms with Gasteiger partial charge in [-0.1, -0.05) is 24.7 Å². The first-order chi connectivity index (χ1) is 11.7. The molecule has 1 saturated heterocycles. The van der Waals surface area contributed by atoms with Crippen molar-refractivity contribution in [1.82, 2.24) is 9.88 Å². The third-order valence-electron chi connectivity index (χ3n) is 5.64. The molecule has 3 heterocycles. The molecule has 0 bridgehead atoms. The summed E-state index contributed by atoms with van der Waals surface area (Å²) in [5, 5.41) is 1.79. The second-order valence-electron chi connectivity index (χ2n) is 7.17. The first-order valence-corrected chi connectivity index (χ1v) is 10.3. The van der Waals surface area contributed by atoms with Crippen LogP contribution in [0.25, 0.3) is 0 Å². The molecule has 0 atom stereocenters. The van der Waals surface area contributed by atoms with E-state index in [9.17, 15) is 4.79 Å². The van der Waals surface area contributed by atoms with Gasteiger partial charge in [-0.15, -0.1) is 0 Å². The molecule has 0 N–H and O–H groups in total. The van der Waals surface area contributed by atoms with Crippen molar-refractivity contribution in [3.8, 4) is 5.19 Å². The normalized spacial score (nSPS) is 23.0. The fourth-order valence-electron chi connectivity index (χ4n) is 3.93. The lowest BCUT2D eigenvalue weighted by molar-refractivity contribution is -0.118. The highest BCUT2D eigenvalue weighted by atomic mass is 32.1. The van der Waals surface area contributed by atoms with Gasteiger partial charge in [0.15, 0.2) is 0 Å². The number of carbonyl (C=O) groups is 1. The Morgan fingerprint density at radius 2 is 2.00 bits per heavy atom. The van der Waals surface area contributed by atoms with Gasteiger partial charge in [0.25, 0.3) is 5.19 Å². The summed E-state index contributed by atoms with van der Waals surface area (Å²) < 4.78 is 6.19. The smallest absolute Gasteiger partial charge is 0.275 e. The number of ether oxygens (including phenoxy) is 1. The van der Waals surface area contributed by atoms with Crippen LogP contribution in [0.15, 0.2) is 0 Å². The first-order valence-electron chi connectivity index (χ1n) is 9.45. The van der Waals surface area contributed by atoms with Crippen molar-refractivity contribution in [3.05, 3.63) is 5.69 Å². The molecule has 5 nitrogen and oxygen atoms in total. The van der Waals surface area contributed by atoms with E-state index < -0.39 is 0 Å². The highest BCUT2D eigenvalue weighted by Gasteiger charge is 2.31. The summed E-state index contributed by atoms with van der Waals surface area (Å²) in [5.74, 6) is 0.194. The Bertz CT molecular complexity index is 591. The molecule has 0 unspecified atom stereocenters. The number of nitrogens with zero attached hydrogens (tertiary/aromatic N) is 3. The summed E-state index contributed by atoms with van der Waals surface area (Å²) in [6.45, 7) is 5.05. The lowest BCUT2D eigenvalue weighted by Crippen LogP contribution is -2.46. The standard InChI is InChI=1S/C18H27N3O2S/c1-2-16(22)21-10-4-7-15-17(21)24-18(19-15)23-14-8-11-20(12-9-14)13-5-3-6-13/h13-14H,2-12H2,1H3. The number of rotatable bonds is 4. The van der Waals surface area contributed by atoms with Gasteiger partial charge in [0, 0.05) is 32.1 Å². The Kier molecular flexibility index (Phi) is 4.77. The molecular weight excluding hydrogens is 322 g/mol. The van der Waals surface area contributed by atoms with E-state index in [1.165, 1.54) is 19.3 Å². The molecule has 1 aromatic heterocycles. The molecule has 1 amide bonds. The molecule has 0 radical (unpaired) electrons. The van der Waals surface area contributed by atoms with Crippen molar-refractivity contribution in [3.63, 3.8) is 0 Å². The summed E-state index contributed by atoms with van der Waals surface area (Å²) in [6.07, 6.45) is 9.15. The third-order valence-corrected chi connectivity index (χ3v) is 6.65. The maximum absolute atomic E-state index is 12.1. The van der Waals surface area contributed by atoms with Gasteiger partial charge in [0.05, 0.1) is 5.69 Å². The Balaban J connectivity index is 1.37. The van der Waals surface area contributed by atoms with Gasteiger partial charge in [0.2, 0.25) is 5.91 Å². The first kappa shape index (κ1) is 16.3. The van der Waals surface area contributed by atoms with Gasteiger partial charge in [-0.2, -0.15) is 0 Å². The second kappa shape index (κ2) is 7.00. The Labute approximate surface area is 148 Å². The minimum absolute atomic E-state index is 0.194. The van der Waals surface area contributed by atoms with Crippen molar-refractivity contribution >= 4 is 22.2 Å². The quantitative estimate of drug-likeness (QED) is 0.837. The topological polar surface area (TPSA) is 45.7 Å². The van der Waals surface area contributed by atoms with E-state index in [4.69, 9.17) is 4.74 Å². The van der Waals surface area contributed by atoms with Gasteiger partial charge in [-0.25, -0.2) is 4.98 Å². The maximum Gasteiger partial charge on any atom is 0.275 e.